The van der Waals surface area contributed by atoms with E-state index in [0.717, 1.165) is 47.5 Å². The molecule has 0 bridgehead atoms. The summed E-state index contributed by atoms with van der Waals surface area (Å²) in [5.74, 6) is 1.10. The number of unbranched alkanes of at least 4 members (excludes halogenated alkanes) is 14. The van der Waals surface area contributed by atoms with E-state index in [1.165, 1.54) is 101 Å². The van der Waals surface area contributed by atoms with Crippen LogP contribution in [0.4, 0.5) is 10.5 Å². The fourth-order valence-corrected chi connectivity index (χ4v) is 6.80. The van der Waals surface area contributed by atoms with Crippen LogP contribution < -0.4 is 14.4 Å². The van der Waals surface area contributed by atoms with Crippen molar-refractivity contribution in [2.75, 3.05) is 31.2 Å². The maximum Gasteiger partial charge on any atom is 0.511 e. The highest BCUT2D eigenvalue weighted by Gasteiger charge is 2.23. The second-order valence-electron chi connectivity index (χ2n) is 15.0. The van der Waals surface area contributed by atoms with Crippen molar-refractivity contribution in [2.45, 2.75) is 143 Å². The van der Waals surface area contributed by atoms with Gasteiger partial charge in [-0.2, -0.15) is 0 Å². The molecular weight excluding hydrogens is 634 g/mol. The van der Waals surface area contributed by atoms with Gasteiger partial charge in [-0.25, -0.2) is 4.79 Å². The summed E-state index contributed by atoms with van der Waals surface area (Å²) in [5.41, 5.74) is 6.63. The summed E-state index contributed by atoms with van der Waals surface area (Å²) in [4.78, 5) is 13.5. The Bertz CT molecular complexity index is 1410. The Morgan fingerprint density at radius 3 is 1.78 bits per heavy atom. The Morgan fingerprint density at radius 2 is 1.24 bits per heavy atom. The van der Waals surface area contributed by atoms with Gasteiger partial charge in [0.1, 0.15) is 11.5 Å². The van der Waals surface area contributed by atoms with Gasteiger partial charge in [0.25, 0.3) is 0 Å². The van der Waals surface area contributed by atoms with Gasteiger partial charge < -0.3 is 24.6 Å². The molecule has 3 rings (SSSR count). The second kappa shape index (κ2) is 23.1. The third-order valence-electron chi connectivity index (χ3n) is 9.80. The Kier molecular flexibility index (Phi) is 19.0. The number of benzene rings is 3. The van der Waals surface area contributed by atoms with Gasteiger partial charge in [-0.3, -0.25) is 0 Å². The predicted molar refractivity (Wildman–Crippen MR) is 215 cm³/mol. The lowest BCUT2D eigenvalue weighted by molar-refractivity contribution is 0.144. The molecule has 0 aliphatic rings. The normalized spacial score (nSPS) is 11.5. The molecule has 0 saturated heterocycles. The van der Waals surface area contributed by atoms with Gasteiger partial charge in [0, 0.05) is 30.9 Å². The molecule has 6 nitrogen and oxygen atoms in total. The van der Waals surface area contributed by atoms with Crippen LogP contribution in [0.5, 0.6) is 11.5 Å². The van der Waals surface area contributed by atoms with Gasteiger partial charge in [0.2, 0.25) is 0 Å². The Labute approximate surface area is 309 Å². The molecule has 0 unspecified atom stereocenters. The van der Waals surface area contributed by atoms with Crippen molar-refractivity contribution in [1.82, 2.24) is 0 Å². The third kappa shape index (κ3) is 14.9. The molecule has 0 saturated carbocycles. The van der Waals surface area contributed by atoms with Crippen molar-refractivity contribution in [3.05, 3.63) is 66.2 Å². The maximum atomic E-state index is 11.0. The number of aliphatic hydroxyl groups excluding tert-OH is 1. The third-order valence-corrected chi connectivity index (χ3v) is 9.80. The van der Waals surface area contributed by atoms with E-state index in [1.54, 1.807) is 12.1 Å². The van der Waals surface area contributed by atoms with Crippen LogP contribution in [0.25, 0.3) is 22.3 Å². The van der Waals surface area contributed by atoms with E-state index in [-0.39, 0.29) is 17.8 Å². The lowest BCUT2D eigenvalue weighted by Crippen LogP contribution is -2.27. The molecule has 0 atom stereocenters. The van der Waals surface area contributed by atoms with Crippen molar-refractivity contribution in [3.63, 3.8) is 0 Å². The van der Waals surface area contributed by atoms with Crippen LogP contribution in [0.1, 0.15) is 143 Å². The summed E-state index contributed by atoms with van der Waals surface area (Å²) >= 11 is 0. The zero-order valence-corrected chi connectivity index (χ0v) is 32.5. The number of hydrogen-bond donors (Lipinski definition) is 2. The van der Waals surface area contributed by atoms with Gasteiger partial charge in [-0.05, 0) is 90.3 Å². The minimum Gasteiger partial charge on any atom is -0.493 e. The van der Waals surface area contributed by atoms with Crippen LogP contribution in [0, 0.1) is 0 Å². The number of aliphatic hydroxyl groups is 1. The topological polar surface area (TPSA) is 79.2 Å². The van der Waals surface area contributed by atoms with Gasteiger partial charge in [-0.1, -0.05) is 135 Å². The van der Waals surface area contributed by atoms with Crippen molar-refractivity contribution in [3.8, 4) is 33.8 Å². The van der Waals surface area contributed by atoms with E-state index in [0.29, 0.717) is 13.0 Å². The number of rotatable bonds is 25. The van der Waals surface area contributed by atoms with Crippen LogP contribution in [0.15, 0.2) is 60.7 Å². The molecule has 3 aromatic carbocycles. The number of nitrogens with zero attached hydrogens (tertiary/aromatic N) is 1. The molecule has 6 heteroatoms. The fraction of sp³-hybridized carbons (Fsp3) is 0.578. The largest absolute Gasteiger partial charge is 0.511 e. The predicted octanol–water partition coefficient (Wildman–Crippen LogP) is 12.8. The SMILES string of the molecule is CCCCCCCCCCCCCCCCN(CC)c1ccc(-c2cc(-c3ccc(OC(=O)O)cc3)ccc2OCCCCO)cc1C(C)(C)C. The van der Waals surface area contributed by atoms with Crippen molar-refractivity contribution in [2.24, 2.45) is 0 Å². The van der Waals surface area contributed by atoms with Crippen LogP contribution >= 0.6 is 0 Å². The van der Waals surface area contributed by atoms with E-state index in [1.807, 2.05) is 24.3 Å². The molecule has 3 aromatic rings. The number of carboxylic acid groups (broad SMARTS) is 1. The first-order valence-electron chi connectivity index (χ1n) is 20.0. The standard InChI is InChI=1S/C45H67NO5/c1-6-8-9-10-11-12-13-14-15-16-17-18-19-20-31-46(7-2)42-29-25-38(35-41(42)45(3,4)5)40-34-37(26-30-43(40)50-33-22-21-32-47)36-23-27-39(28-24-36)51-44(48)49/h23-30,34-35,47H,6-22,31-33H2,1-5H3,(H,48,49). The molecule has 0 aromatic heterocycles. The highest BCUT2D eigenvalue weighted by molar-refractivity contribution is 5.80. The minimum atomic E-state index is -1.33. The van der Waals surface area contributed by atoms with Gasteiger partial charge in [-0.15, -0.1) is 0 Å². The molecule has 0 amide bonds. The maximum absolute atomic E-state index is 11.0. The summed E-state index contributed by atoms with van der Waals surface area (Å²) in [6.07, 6.45) is 19.3. The lowest BCUT2D eigenvalue weighted by atomic mass is 9.83. The van der Waals surface area contributed by atoms with Crippen molar-refractivity contribution < 1.29 is 24.5 Å². The molecule has 0 aliphatic carbocycles. The molecule has 0 spiro atoms. The molecule has 0 radical (unpaired) electrons. The fourth-order valence-electron chi connectivity index (χ4n) is 6.80. The quantitative estimate of drug-likeness (QED) is 0.0520. The van der Waals surface area contributed by atoms with E-state index in [2.05, 4.69) is 63.8 Å². The van der Waals surface area contributed by atoms with Gasteiger partial charge in [0.15, 0.2) is 0 Å². The summed E-state index contributed by atoms with van der Waals surface area (Å²) in [5, 5.41) is 18.3. The second-order valence-corrected chi connectivity index (χ2v) is 15.0. The molecule has 0 fully saturated rings. The highest BCUT2D eigenvalue weighted by atomic mass is 16.7. The molecule has 51 heavy (non-hydrogen) atoms. The highest BCUT2D eigenvalue weighted by Crippen LogP contribution is 2.40. The zero-order valence-electron chi connectivity index (χ0n) is 32.5. The molecule has 0 aliphatic heterocycles. The van der Waals surface area contributed by atoms with E-state index in [9.17, 15) is 9.90 Å². The first-order chi connectivity index (χ1) is 24.7. The summed E-state index contributed by atoms with van der Waals surface area (Å²) in [6, 6.07) is 20.2. The zero-order chi connectivity index (χ0) is 36.9. The lowest BCUT2D eigenvalue weighted by Gasteiger charge is -2.32. The van der Waals surface area contributed by atoms with E-state index in [4.69, 9.17) is 14.6 Å². The average Bonchev–Trinajstić information content (AvgIpc) is 3.11. The van der Waals surface area contributed by atoms with Gasteiger partial charge in [0.05, 0.1) is 6.61 Å². The first kappa shape index (κ1) is 41.9. The van der Waals surface area contributed by atoms with Crippen molar-refractivity contribution in [1.29, 1.82) is 0 Å². The van der Waals surface area contributed by atoms with Crippen molar-refractivity contribution >= 4 is 11.8 Å². The monoisotopic (exact) mass is 702 g/mol. The molecular formula is C45H67NO5. The first-order valence-corrected chi connectivity index (χ1v) is 20.0. The average molecular weight is 702 g/mol. The van der Waals surface area contributed by atoms with Crippen LogP contribution in [-0.4, -0.2) is 42.7 Å². The smallest absolute Gasteiger partial charge is 0.493 e. The molecule has 282 valence electrons. The molecule has 0 heterocycles. The number of ether oxygens (including phenoxy) is 2. The van der Waals surface area contributed by atoms with Crippen LogP contribution in [0.3, 0.4) is 0 Å². The molecule has 2 N–H and O–H groups in total. The minimum absolute atomic E-state index is 0.0615. The number of carbonyl (C=O) groups is 1. The Morgan fingerprint density at radius 1 is 0.667 bits per heavy atom. The van der Waals surface area contributed by atoms with E-state index >= 15 is 0 Å². The number of anilines is 1. The Balaban J connectivity index is 1.69. The summed E-state index contributed by atoms with van der Waals surface area (Å²) < 4.78 is 11.1. The van der Waals surface area contributed by atoms with Crippen LogP contribution in [0.2, 0.25) is 0 Å². The van der Waals surface area contributed by atoms with Crippen LogP contribution in [-0.2, 0) is 5.41 Å². The Hall–Kier alpha value is -3.51. The van der Waals surface area contributed by atoms with E-state index < -0.39 is 6.16 Å². The van der Waals surface area contributed by atoms with Gasteiger partial charge >= 0.3 is 6.16 Å². The number of hydrogen-bond acceptors (Lipinski definition) is 5. The summed E-state index contributed by atoms with van der Waals surface area (Å²) in [7, 11) is 0. The summed E-state index contributed by atoms with van der Waals surface area (Å²) in [6.45, 7) is 14.1.